The number of benzene rings is 1. The van der Waals surface area contributed by atoms with E-state index < -0.39 is 23.4 Å². The summed E-state index contributed by atoms with van der Waals surface area (Å²) in [6.07, 6.45) is -0.925. The Hall–Kier alpha value is -1.46. The summed E-state index contributed by atoms with van der Waals surface area (Å²) in [7, 11) is 1.65. The Morgan fingerprint density at radius 2 is 1.86 bits per heavy atom. The van der Waals surface area contributed by atoms with Crippen molar-refractivity contribution in [2.24, 2.45) is 0 Å². The monoisotopic (exact) mass is 199 g/mol. The van der Waals surface area contributed by atoms with Crippen molar-refractivity contribution in [1.82, 2.24) is 5.32 Å². The number of phenolic OH excluding ortho intramolecular Hbond substituents is 3. The first kappa shape index (κ1) is 10.6. The average molecular weight is 199 g/mol. The van der Waals surface area contributed by atoms with Crippen LogP contribution in [-0.2, 0) is 0 Å². The van der Waals surface area contributed by atoms with Gasteiger partial charge < -0.3 is 25.7 Å². The van der Waals surface area contributed by atoms with Crippen LogP contribution < -0.4 is 5.32 Å². The van der Waals surface area contributed by atoms with E-state index in [4.69, 9.17) is 5.11 Å². The summed E-state index contributed by atoms with van der Waals surface area (Å²) in [5.41, 5.74) is 0.176. The molecule has 14 heavy (non-hydrogen) atoms. The predicted octanol–water partition coefficient (Wildman–Crippen LogP) is 0.0562. The molecule has 0 radical (unpaired) electrons. The SMILES string of the molecule is CNCC(O)c1ccc(O)c(O)c1O. The molecule has 0 amide bonds. The Balaban J connectivity index is 3.04. The maximum Gasteiger partial charge on any atom is 0.200 e. The summed E-state index contributed by atoms with van der Waals surface area (Å²) >= 11 is 0. The highest BCUT2D eigenvalue weighted by molar-refractivity contribution is 5.53. The van der Waals surface area contributed by atoms with Crippen LogP contribution in [0.25, 0.3) is 0 Å². The van der Waals surface area contributed by atoms with Crippen LogP contribution in [0.3, 0.4) is 0 Å². The molecule has 1 unspecified atom stereocenters. The van der Waals surface area contributed by atoms with Gasteiger partial charge in [-0.2, -0.15) is 0 Å². The van der Waals surface area contributed by atoms with Gasteiger partial charge in [0.05, 0.1) is 6.10 Å². The summed E-state index contributed by atoms with van der Waals surface area (Å²) in [5, 5.41) is 39.8. The van der Waals surface area contributed by atoms with Crippen LogP contribution in [0.2, 0.25) is 0 Å². The first-order valence-corrected chi connectivity index (χ1v) is 4.14. The second kappa shape index (κ2) is 4.17. The largest absolute Gasteiger partial charge is 0.504 e. The zero-order valence-corrected chi connectivity index (χ0v) is 7.73. The zero-order valence-electron chi connectivity index (χ0n) is 7.73. The van der Waals surface area contributed by atoms with Crippen molar-refractivity contribution < 1.29 is 20.4 Å². The fourth-order valence-corrected chi connectivity index (χ4v) is 1.16. The molecule has 0 aromatic heterocycles. The minimum Gasteiger partial charge on any atom is -0.504 e. The van der Waals surface area contributed by atoms with Crippen LogP contribution in [-0.4, -0.2) is 34.0 Å². The maximum absolute atomic E-state index is 9.50. The lowest BCUT2D eigenvalue weighted by Gasteiger charge is -2.13. The van der Waals surface area contributed by atoms with E-state index >= 15 is 0 Å². The molecule has 1 aromatic rings. The first-order valence-electron chi connectivity index (χ1n) is 4.14. The van der Waals surface area contributed by atoms with Gasteiger partial charge in [0.2, 0.25) is 5.75 Å². The molecule has 1 atom stereocenters. The van der Waals surface area contributed by atoms with Crippen molar-refractivity contribution >= 4 is 0 Å². The van der Waals surface area contributed by atoms with Crippen molar-refractivity contribution in [2.75, 3.05) is 13.6 Å². The number of phenols is 3. The Kier molecular flexibility index (Phi) is 3.16. The van der Waals surface area contributed by atoms with Gasteiger partial charge in [-0.05, 0) is 19.2 Å². The van der Waals surface area contributed by atoms with Gasteiger partial charge in [0.15, 0.2) is 11.5 Å². The molecule has 0 saturated carbocycles. The summed E-state index contributed by atoms with van der Waals surface area (Å²) in [4.78, 5) is 0. The average Bonchev–Trinajstić information content (AvgIpc) is 2.15. The maximum atomic E-state index is 9.50. The molecular formula is C9H13NO4. The summed E-state index contributed by atoms with van der Waals surface area (Å²) in [5.74, 6) is -1.52. The highest BCUT2D eigenvalue weighted by Crippen LogP contribution is 2.39. The van der Waals surface area contributed by atoms with Gasteiger partial charge in [-0.15, -0.1) is 0 Å². The highest BCUT2D eigenvalue weighted by atomic mass is 16.3. The van der Waals surface area contributed by atoms with E-state index in [0.717, 1.165) is 0 Å². The van der Waals surface area contributed by atoms with E-state index in [1.807, 2.05) is 0 Å². The third-order valence-electron chi connectivity index (χ3n) is 1.92. The van der Waals surface area contributed by atoms with Gasteiger partial charge in [-0.25, -0.2) is 0 Å². The van der Waals surface area contributed by atoms with E-state index in [1.54, 1.807) is 7.05 Å². The van der Waals surface area contributed by atoms with Crippen LogP contribution >= 0.6 is 0 Å². The fourth-order valence-electron chi connectivity index (χ4n) is 1.16. The van der Waals surface area contributed by atoms with Crippen molar-refractivity contribution in [3.05, 3.63) is 17.7 Å². The van der Waals surface area contributed by atoms with Gasteiger partial charge in [-0.3, -0.25) is 0 Å². The topological polar surface area (TPSA) is 93.0 Å². The lowest BCUT2D eigenvalue weighted by Crippen LogP contribution is -2.16. The smallest absolute Gasteiger partial charge is 0.200 e. The molecule has 5 N–H and O–H groups in total. The molecule has 0 aliphatic rings. The number of likely N-dealkylation sites (N-methyl/N-ethyl adjacent to an activating group) is 1. The van der Waals surface area contributed by atoms with Crippen LogP contribution in [0.15, 0.2) is 12.1 Å². The molecule has 0 fully saturated rings. The van der Waals surface area contributed by atoms with E-state index in [1.165, 1.54) is 12.1 Å². The predicted molar refractivity (Wildman–Crippen MR) is 50.3 cm³/mol. The fraction of sp³-hybridized carbons (Fsp3) is 0.333. The number of aromatic hydroxyl groups is 3. The second-order valence-electron chi connectivity index (χ2n) is 2.94. The second-order valence-corrected chi connectivity index (χ2v) is 2.94. The molecule has 0 aliphatic carbocycles. The molecule has 0 aliphatic heterocycles. The number of aliphatic hydroxyl groups is 1. The summed E-state index contributed by atoms with van der Waals surface area (Å²) in [6.45, 7) is 0.248. The number of rotatable bonds is 3. The zero-order chi connectivity index (χ0) is 10.7. The van der Waals surface area contributed by atoms with Crippen molar-refractivity contribution in [3.8, 4) is 17.2 Å². The molecular weight excluding hydrogens is 186 g/mol. The lowest BCUT2D eigenvalue weighted by molar-refractivity contribution is 0.172. The molecule has 1 aromatic carbocycles. The summed E-state index contributed by atoms with van der Waals surface area (Å²) in [6, 6.07) is 2.57. The van der Waals surface area contributed by atoms with E-state index in [0.29, 0.717) is 0 Å². The van der Waals surface area contributed by atoms with Gasteiger partial charge in [0, 0.05) is 12.1 Å². The van der Waals surface area contributed by atoms with Gasteiger partial charge >= 0.3 is 0 Å². The minimum absolute atomic E-state index is 0.176. The quantitative estimate of drug-likeness (QED) is 0.444. The van der Waals surface area contributed by atoms with Crippen LogP contribution in [0.5, 0.6) is 17.2 Å². The third-order valence-corrected chi connectivity index (χ3v) is 1.92. The van der Waals surface area contributed by atoms with Crippen molar-refractivity contribution in [3.63, 3.8) is 0 Å². The number of aliphatic hydroxyl groups excluding tert-OH is 1. The molecule has 0 bridgehead atoms. The number of nitrogens with one attached hydrogen (secondary N) is 1. The standard InChI is InChI=1S/C9H13NO4/c1-10-4-7(12)5-2-3-6(11)9(14)8(5)13/h2-3,7,10-14H,4H2,1H3. The molecule has 78 valence electrons. The van der Waals surface area contributed by atoms with Crippen molar-refractivity contribution in [2.45, 2.75) is 6.10 Å². The van der Waals surface area contributed by atoms with E-state index in [2.05, 4.69) is 5.32 Å². The number of hydrogen-bond acceptors (Lipinski definition) is 5. The van der Waals surface area contributed by atoms with Gasteiger partial charge in [0.1, 0.15) is 0 Å². The Labute approximate surface area is 81.3 Å². The molecule has 5 heteroatoms. The van der Waals surface area contributed by atoms with E-state index in [-0.39, 0.29) is 12.1 Å². The molecule has 0 heterocycles. The lowest BCUT2D eigenvalue weighted by atomic mass is 10.1. The normalized spacial score (nSPS) is 12.7. The molecule has 0 spiro atoms. The number of hydrogen-bond donors (Lipinski definition) is 5. The molecule has 1 rings (SSSR count). The van der Waals surface area contributed by atoms with E-state index in [9.17, 15) is 15.3 Å². The molecule has 0 saturated heterocycles. The van der Waals surface area contributed by atoms with Crippen LogP contribution in [0, 0.1) is 0 Å². The third kappa shape index (κ3) is 1.89. The van der Waals surface area contributed by atoms with Crippen LogP contribution in [0.1, 0.15) is 11.7 Å². The Bertz CT molecular complexity index is 327. The van der Waals surface area contributed by atoms with Gasteiger partial charge in [0.25, 0.3) is 0 Å². The molecule has 5 nitrogen and oxygen atoms in total. The Morgan fingerprint density at radius 1 is 1.21 bits per heavy atom. The van der Waals surface area contributed by atoms with Gasteiger partial charge in [-0.1, -0.05) is 0 Å². The minimum atomic E-state index is -0.925. The summed E-state index contributed by atoms with van der Waals surface area (Å²) < 4.78 is 0. The van der Waals surface area contributed by atoms with Crippen LogP contribution in [0.4, 0.5) is 0 Å². The first-order chi connectivity index (χ1) is 6.57. The highest BCUT2D eigenvalue weighted by Gasteiger charge is 2.16. The Morgan fingerprint density at radius 3 is 2.43 bits per heavy atom. The van der Waals surface area contributed by atoms with Crippen molar-refractivity contribution in [1.29, 1.82) is 0 Å².